The number of aliphatic hydroxyl groups excluding tert-OH is 8. The molecule has 14 unspecified atom stereocenters. The van der Waals surface area contributed by atoms with Gasteiger partial charge >= 0.3 is 5.97 Å². The number of ether oxygens (including phenoxy) is 13. The Kier molecular flexibility index (Phi) is 22.8. The van der Waals surface area contributed by atoms with E-state index in [1.807, 2.05) is 32.0 Å². The summed E-state index contributed by atoms with van der Waals surface area (Å²) in [6.07, 6.45) is 5.67. The van der Waals surface area contributed by atoms with Crippen molar-refractivity contribution in [2.75, 3.05) is 26.4 Å². The molecule has 2 spiro atoms. The molecule has 6 saturated carbocycles. The highest BCUT2D eigenvalue weighted by molar-refractivity contribution is 5.89. The number of benzene rings is 1. The Morgan fingerprint density at radius 2 is 0.945 bits per heavy atom. The van der Waals surface area contributed by atoms with Gasteiger partial charge in [-0.1, -0.05) is 118 Å². The maximum absolute atomic E-state index is 13.4. The van der Waals surface area contributed by atoms with Crippen molar-refractivity contribution in [1.82, 2.24) is 0 Å². The summed E-state index contributed by atoms with van der Waals surface area (Å²) in [6, 6.07) is 8.97. The topological polar surface area (TPSA) is 299 Å². The lowest BCUT2D eigenvalue weighted by Crippen LogP contribution is -2.64. The number of esters is 1. The molecular weight excluding hydrogens is 1410 g/mol. The van der Waals surface area contributed by atoms with Gasteiger partial charge in [0.1, 0.15) is 54.9 Å². The van der Waals surface area contributed by atoms with Crippen molar-refractivity contribution in [3.05, 3.63) is 59.2 Å². The number of fused-ring (bicyclic) bond motifs is 14. The van der Waals surface area contributed by atoms with Crippen LogP contribution < -0.4 is 0 Å². The molecule has 0 aromatic heterocycles. The fourth-order valence-corrected chi connectivity index (χ4v) is 26.6. The number of rotatable bonds is 12. The highest BCUT2D eigenvalue weighted by Crippen LogP contribution is 2.73. The summed E-state index contributed by atoms with van der Waals surface area (Å²) in [6.45, 7) is 29.9. The Morgan fingerprint density at radius 3 is 1.45 bits per heavy atom. The number of aliphatic hydroxyl groups is 8. The molecule has 8 N–H and O–H groups in total. The smallest absolute Gasteiger partial charge is 0.338 e. The van der Waals surface area contributed by atoms with Gasteiger partial charge < -0.3 is 102 Å². The molecule has 110 heavy (non-hydrogen) atoms. The minimum Gasteiger partial charge on any atom is -0.453 e. The Labute approximate surface area is 652 Å². The molecule has 17 rings (SSSR count). The number of hydrogen-bond donors (Lipinski definition) is 8. The summed E-state index contributed by atoms with van der Waals surface area (Å²) in [4.78, 5) is 13.4. The largest absolute Gasteiger partial charge is 0.453 e. The summed E-state index contributed by atoms with van der Waals surface area (Å²) in [5, 5.41) is 84.5. The Morgan fingerprint density at radius 1 is 0.464 bits per heavy atom. The van der Waals surface area contributed by atoms with Crippen LogP contribution in [-0.2, 0) is 61.6 Å². The monoisotopic (exact) mass is 1540 g/mol. The van der Waals surface area contributed by atoms with E-state index in [0.29, 0.717) is 89.1 Å². The first-order valence-corrected chi connectivity index (χ1v) is 43.2. The molecule has 8 aliphatic heterocycles. The molecule has 0 radical (unpaired) electrons. The van der Waals surface area contributed by atoms with Gasteiger partial charge in [0.2, 0.25) is 0 Å². The van der Waals surface area contributed by atoms with Crippen LogP contribution in [0.1, 0.15) is 216 Å². The first-order chi connectivity index (χ1) is 52.4. The highest BCUT2D eigenvalue weighted by atomic mass is 16.8. The van der Waals surface area contributed by atoms with E-state index in [1.54, 1.807) is 12.1 Å². The first kappa shape index (κ1) is 81.1. The van der Waals surface area contributed by atoms with Crippen molar-refractivity contribution < 1.29 is 107 Å². The third-order valence-electron chi connectivity index (χ3n) is 33.7. The summed E-state index contributed by atoms with van der Waals surface area (Å²) < 4.78 is 84.0. The molecule has 16 aliphatic rings. The molecule has 618 valence electrons. The van der Waals surface area contributed by atoms with E-state index < -0.39 is 123 Å². The van der Waals surface area contributed by atoms with Crippen molar-refractivity contribution in [2.24, 2.45) is 110 Å². The van der Waals surface area contributed by atoms with Gasteiger partial charge in [0.05, 0.1) is 74.7 Å². The third-order valence-corrected chi connectivity index (χ3v) is 33.7. The van der Waals surface area contributed by atoms with Crippen molar-refractivity contribution >= 4 is 5.97 Å². The van der Waals surface area contributed by atoms with Crippen LogP contribution in [0.15, 0.2) is 53.6 Å². The van der Waals surface area contributed by atoms with Crippen LogP contribution in [0, 0.1) is 110 Å². The van der Waals surface area contributed by atoms with Crippen LogP contribution in [0.3, 0.4) is 0 Å². The molecule has 22 nitrogen and oxygen atoms in total. The average Bonchev–Trinajstić information content (AvgIpc) is 1.52. The maximum Gasteiger partial charge on any atom is 0.338 e. The number of carbonyl (C=O) groups is 1. The van der Waals surface area contributed by atoms with Crippen molar-refractivity contribution in [3.63, 3.8) is 0 Å². The lowest BCUT2D eigenvalue weighted by molar-refractivity contribution is -0.369. The molecule has 22 heteroatoms. The van der Waals surface area contributed by atoms with Gasteiger partial charge in [-0.3, -0.25) is 0 Å². The molecule has 8 heterocycles. The van der Waals surface area contributed by atoms with E-state index in [2.05, 4.69) is 81.4 Å². The second-order valence-electron chi connectivity index (χ2n) is 39.4. The van der Waals surface area contributed by atoms with E-state index in [0.717, 1.165) is 83.8 Å². The maximum atomic E-state index is 13.4. The summed E-state index contributed by atoms with van der Waals surface area (Å²) >= 11 is 0. The molecule has 1 aromatic rings. The van der Waals surface area contributed by atoms with E-state index >= 15 is 0 Å². The van der Waals surface area contributed by atoms with Crippen LogP contribution in [0.5, 0.6) is 0 Å². The van der Waals surface area contributed by atoms with Gasteiger partial charge in [-0.05, 0) is 215 Å². The third kappa shape index (κ3) is 13.7. The van der Waals surface area contributed by atoms with Gasteiger partial charge in [-0.15, -0.1) is 0 Å². The summed E-state index contributed by atoms with van der Waals surface area (Å²) in [7, 11) is 0. The minimum absolute atomic E-state index is 0.0535. The lowest BCUT2D eigenvalue weighted by atomic mass is 9.47. The van der Waals surface area contributed by atoms with Crippen molar-refractivity contribution in [1.29, 1.82) is 0 Å². The van der Waals surface area contributed by atoms with Gasteiger partial charge in [0.25, 0.3) is 0 Å². The van der Waals surface area contributed by atoms with Crippen LogP contribution in [0.2, 0.25) is 0 Å². The van der Waals surface area contributed by atoms with Crippen molar-refractivity contribution in [2.45, 2.75) is 346 Å². The molecule has 1 aromatic carbocycles. The molecule has 14 fully saturated rings. The molecule has 42 atom stereocenters. The molecule has 8 saturated heterocycles. The fraction of sp³-hybridized carbons (Fsp3) is 0.875. The predicted molar refractivity (Wildman–Crippen MR) is 402 cm³/mol. The van der Waals surface area contributed by atoms with Gasteiger partial charge in [-0.25, -0.2) is 4.79 Å². The second kappa shape index (κ2) is 30.9. The van der Waals surface area contributed by atoms with E-state index in [9.17, 15) is 45.6 Å². The van der Waals surface area contributed by atoms with Crippen LogP contribution in [0.4, 0.5) is 0 Å². The van der Waals surface area contributed by atoms with Crippen LogP contribution >= 0.6 is 0 Å². The van der Waals surface area contributed by atoms with E-state index in [1.165, 1.54) is 56.6 Å². The Balaban J connectivity index is 0.000000169. The van der Waals surface area contributed by atoms with Crippen LogP contribution in [-0.4, -0.2) is 214 Å². The fourth-order valence-electron chi connectivity index (χ4n) is 26.6. The molecule has 0 amide bonds. The minimum atomic E-state index is -1.61. The SMILES string of the molecule is CC1OC(OC2[C@H](O[C@H]3CC[C@@]4(C)C(=CC[C@H]5[C@@H]6C[C@@H]7O[C@]8(CC[C@@H](C)CO8)[C@@H](C)[C@@H]7[C@@]6(C)CC[C@@H]54)C3)OC(CO)[C@@H](O)[C@@H]2C)C(OC(=O)c2ccccc2)C(C)C1C.CC1OC(OC2[C@H](O[C@H]3CC[C@@]4(C)C(=CC[C@H]5[C@@H]6C[C@@H]7O[C@]8(CC[C@@H](C)CO8)[C@@H](C)[C@@H]7[C@@]6(C)CC[C@@H]54)C3)OC(CO)[C@@H](O)[C@@H]2O)C(O)C(O)C1O. The van der Waals surface area contributed by atoms with Gasteiger partial charge in [0.15, 0.2) is 42.8 Å². The van der Waals surface area contributed by atoms with E-state index in [4.69, 9.17) is 61.6 Å². The zero-order valence-corrected chi connectivity index (χ0v) is 67.7. The number of carbonyl (C=O) groups excluding carboxylic acids is 1. The second-order valence-corrected chi connectivity index (χ2v) is 39.4. The first-order valence-electron chi connectivity index (χ1n) is 43.2. The quantitative estimate of drug-likeness (QED) is 0.0712. The van der Waals surface area contributed by atoms with Crippen molar-refractivity contribution in [3.8, 4) is 0 Å². The molecular formula is C88H134O22. The zero-order valence-electron chi connectivity index (χ0n) is 67.7. The zero-order chi connectivity index (χ0) is 77.8. The van der Waals surface area contributed by atoms with Crippen LogP contribution in [0.25, 0.3) is 0 Å². The highest BCUT2D eigenvalue weighted by Gasteiger charge is 2.71. The van der Waals surface area contributed by atoms with Gasteiger partial charge in [-0.2, -0.15) is 0 Å². The van der Waals surface area contributed by atoms with E-state index in [-0.39, 0.29) is 70.3 Å². The number of allylic oxidation sites excluding steroid dienone is 2. The summed E-state index contributed by atoms with van der Waals surface area (Å²) in [5.41, 5.74) is 4.06. The molecule has 0 bridgehead atoms. The number of hydrogen-bond acceptors (Lipinski definition) is 22. The summed E-state index contributed by atoms with van der Waals surface area (Å²) in [5.74, 6) is 5.23. The normalized spacial score (nSPS) is 54.9. The standard InChI is InChI=1S/C49H72O10.C39H62O12/c1-26-16-21-49(53-25-26)30(5)40-38(59-49)23-37-35-15-14-33-22-34(17-19-47(33,7)36(35)18-20-48(37,40)8)55-46-43(29(4)41(51)39(24-50)56-46)58-45-42(28(3)27(2)31(6)54-45)57-44(52)32-12-10-9-11-13-32;1-18-8-13-39(46-17-18)19(2)28-26(51-39)15-25-23-7-6-21-14-22(9-11-37(21,4)24(23)10-12-38(25,28)5)48-36-34(32(44)30(42)27(16-40)49-36)50-35-33(45)31(43)29(41)20(3)47-35/h9-14,26-31,34-43,45-46,50-51H,15-25H2,1-8H3;6,18-20,22-36,40-45H,7-17H2,1-5H3/t26-,27?,28?,29+,30+,31?,34+,35-,36+,37+,38+,39?,40+,41+,42?,43?,45?,46-,47+,48+,49-;18-,19+,20?,22+,23-,24+,25+,26+,27?,28+,29?,30-,31?,32+,33?,34?,35?,36-,37+,38+,39-/m11/s1. The Bertz CT molecular complexity index is 3430. The van der Waals surface area contributed by atoms with Gasteiger partial charge in [0, 0.05) is 36.5 Å². The average molecular weight is 1540 g/mol. The predicted octanol–water partition coefficient (Wildman–Crippen LogP) is 10.5. The molecule has 8 aliphatic carbocycles. The Hall–Kier alpha value is -2.63. The lowest BCUT2D eigenvalue weighted by Gasteiger charge is -2.58.